The van der Waals surface area contributed by atoms with Crippen molar-refractivity contribution in [1.29, 1.82) is 0 Å². The monoisotopic (exact) mass is 439 g/mol. The van der Waals surface area contributed by atoms with Crippen LogP contribution in [-0.2, 0) is 9.53 Å². The van der Waals surface area contributed by atoms with Crippen LogP contribution in [0.4, 0.5) is 0 Å². The molecule has 0 bridgehead atoms. The van der Waals surface area contributed by atoms with Gasteiger partial charge in [0.15, 0.2) is 5.70 Å². The molecule has 0 unspecified atom stereocenters. The molecule has 0 aliphatic carbocycles. The van der Waals surface area contributed by atoms with Crippen molar-refractivity contribution in [1.82, 2.24) is 0 Å². The summed E-state index contributed by atoms with van der Waals surface area (Å²) < 4.78 is 17.4. The number of hydrogen-bond acceptors (Lipinski definition) is 5. The van der Waals surface area contributed by atoms with Crippen LogP contribution in [0.3, 0.4) is 0 Å². The number of carbonyl (C=O) groups excluding carboxylic acids is 1. The fraction of sp³-hybridized carbons (Fsp3) is 0.0909. The molecule has 1 aliphatic rings. The number of esters is 1. The van der Waals surface area contributed by atoms with E-state index in [-0.39, 0.29) is 11.6 Å². The Morgan fingerprint density at radius 3 is 2.61 bits per heavy atom. The smallest absolute Gasteiger partial charge is 0.363 e. The molecule has 0 radical (unpaired) electrons. The van der Waals surface area contributed by atoms with Gasteiger partial charge in [0.05, 0.1) is 0 Å². The van der Waals surface area contributed by atoms with Gasteiger partial charge < -0.3 is 14.2 Å². The first-order valence-electron chi connectivity index (χ1n) is 8.50. The molecule has 5 nitrogen and oxygen atoms in total. The van der Waals surface area contributed by atoms with Crippen LogP contribution < -0.4 is 9.47 Å². The summed E-state index contributed by atoms with van der Waals surface area (Å²) in [5.41, 5.74) is 1.58. The van der Waals surface area contributed by atoms with E-state index in [9.17, 15) is 4.79 Å². The van der Waals surface area contributed by atoms with Gasteiger partial charge >= 0.3 is 5.97 Å². The zero-order valence-corrected chi connectivity index (χ0v) is 16.6. The third kappa shape index (κ3) is 4.78. The number of nitrogens with zero attached hydrogens (tertiary/aromatic N) is 1. The van der Waals surface area contributed by atoms with Crippen LogP contribution >= 0.6 is 15.9 Å². The highest BCUT2D eigenvalue weighted by Crippen LogP contribution is 2.29. The number of carbonyl (C=O) groups is 1. The number of ether oxygens (including phenoxy) is 3. The van der Waals surface area contributed by atoms with E-state index >= 15 is 0 Å². The second kappa shape index (κ2) is 9.19. The number of hydrogen-bond donors (Lipinski definition) is 0. The zero-order valence-electron chi connectivity index (χ0n) is 15.1. The Hall–Kier alpha value is -3.12. The molecule has 0 atom stereocenters. The maximum absolute atomic E-state index is 12.3. The molecule has 6 heteroatoms. The van der Waals surface area contributed by atoms with Crippen LogP contribution in [0.2, 0.25) is 0 Å². The first kappa shape index (κ1) is 19.6. The number of rotatable bonds is 8. The molecule has 0 fully saturated rings. The second-order valence-electron chi connectivity index (χ2n) is 5.75. The molecule has 28 heavy (non-hydrogen) atoms. The van der Waals surface area contributed by atoms with Crippen LogP contribution in [-0.4, -0.2) is 25.1 Å². The number of halogens is 1. The Kier molecular flexibility index (Phi) is 6.45. The maximum atomic E-state index is 12.3. The van der Waals surface area contributed by atoms with Crippen LogP contribution in [0.5, 0.6) is 11.5 Å². The van der Waals surface area contributed by atoms with Crippen molar-refractivity contribution in [3.8, 4) is 11.5 Å². The van der Waals surface area contributed by atoms with Gasteiger partial charge in [-0.05, 0) is 36.4 Å². The minimum absolute atomic E-state index is 0.193. The van der Waals surface area contributed by atoms with E-state index < -0.39 is 5.97 Å². The fourth-order valence-electron chi connectivity index (χ4n) is 2.45. The Balaban J connectivity index is 1.93. The topological polar surface area (TPSA) is 57.1 Å². The summed E-state index contributed by atoms with van der Waals surface area (Å²) in [5.74, 6) is 0.926. The lowest BCUT2D eigenvalue weighted by atomic mass is 10.1. The normalized spacial score (nSPS) is 14.4. The molecule has 2 aromatic rings. The molecule has 1 aliphatic heterocycles. The van der Waals surface area contributed by atoms with E-state index in [0.717, 1.165) is 4.47 Å². The summed E-state index contributed by atoms with van der Waals surface area (Å²) in [6, 6.07) is 12.7. The van der Waals surface area contributed by atoms with Crippen molar-refractivity contribution in [2.75, 3.05) is 13.2 Å². The molecule has 1 heterocycles. The lowest BCUT2D eigenvalue weighted by Gasteiger charge is -2.10. The molecular weight excluding hydrogens is 422 g/mol. The van der Waals surface area contributed by atoms with Gasteiger partial charge in [-0.25, -0.2) is 9.79 Å². The average Bonchev–Trinajstić information content (AvgIpc) is 3.06. The lowest BCUT2D eigenvalue weighted by molar-refractivity contribution is -0.129. The van der Waals surface area contributed by atoms with Crippen LogP contribution in [0.25, 0.3) is 6.08 Å². The van der Waals surface area contributed by atoms with E-state index in [1.54, 1.807) is 36.4 Å². The molecular formula is C22H18BrNO4. The Bertz CT molecular complexity index is 978. The Labute approximate surface area is 171 Å². The summed E-state index contributed by atoms with van der Waals surface area (Å²) in [5, 5.41) is 0. The number of aliphatic imine (C=N–C) groups is 1. The Morgan fingerprint density at radius 2 is 1.86 bits per heavy atom. The van der Waals surface area contributed by atoms with E-state index in [1.807, 2.05) is 24.3 Å². The van der Waals surface area contributed by atoms with Crippen LogP contribution in [0.15, 0.2) is 82.9 Å². The van der Waals surface area contributed by atoms with E-state index in [2.05, 4.69) is 34.1 Å². The zero-order chi connectivity index (χ0) is 19.9. The van der Waals surface area contributed by atoms with Gasteiger partial charge in [0.25, 0.3) is 0 Å². The standard InChI is InChI=1S/C22H18BrNO4/c1-3-10-26-18-9-8-15(20(14-18)27-11-4-2)13-19-22(25)28-21(24-19)16-6-5-7-17(23)12-16/h3-9,12-14H,1-2,10-11H2/b19-13-. The first-order valence-corrected chi connectivity index (χ1v) is 9.30. The molecule has 3 rings (SSSR count). The van der Waals surface area contributed by atoms with Gasteiger partial charge in [0, 0.05) is 21.7 Å². The summed E-state index contributed by atoms with van der Waals surface area (Å²) in [4.78, 5) is 16.6. The predicted molar refractivity (Wildman–Crippen MR) is 113 cm³/mol. The van der Waals surface area contributed by atoms with Gasteiger partial charge in [-0.3, -0.25) is 0 Å². The average molecular weight is 440 g/mol. The molecule has 0 N–H and O–H groups in total. The molecule has 0 spiro atoms. The molecule has 2 aromatic carbocycles. The second-order valence-corrected chi connectivity index (χ2v) is 6.66. The van der Waals surface area contributed by atoms with E-state index in [1.165, 1.54) is 0 Å². The van der Waals surface area contributed by atoms with Gasteiger partial charge in [-0.15, -0.1) is 0 Å². The predicted octanol–water partition coefficient (Wildman–Crippen LogP) is 4.92. The molecule has 0 saturated heterocycles. The minimum atomic E-state index is -0.517. The third-order valence-electron chi connectivity index (χ3n) is 3.69. The van der Waals surface area contributed by atoms with E-state index in [4.69, 9.17) is 14.2 Å². The lowest BCUT2D eigenvalue weighted by Crippen LogP contribution is -2.05. The van der Waals surface area contributed by atoms with Gasteiger partial charge in [-0.1, -0.05) is 47.3 Å². The highest BCUT2D eigenvalue weighted by atomic mass is 79.9. The van der Waals surface area contributed by atoms with Gasteiger partial charge in [0.1, 0.15) is 24.7 Å². The summed E-state index contributed by atoms with van der Waals surface area (Å²) in [7, 11) is 0. The summed E-state index contributed by atoms with van der Waals surface area (Å²) in [6.45, 7) is 7.99. The molecule has 142 valence electrons. The molecule has 0 aromatic heterocycles. The van der Waals surface area contributed by atoms with Crippen LogP contribution in [0, 0.1) is 0 Å². The van der Waals surface area contributed by atoms with Gasteiger partial charge in [0.2, 0.25) is 5.90 Å². The third-order valence-corrected chi connectivity index (χ3v) is 4.19. The van der Waals surface area contributed by atoms with Crippen molar-refractivity contribution in [2.45, 2.75) is 0 Å². The highest BCUT2D eigenvalue weighted by Gasteiger charge is 2.24. The largest absolute Gasteiger partial charge is 0.489 e. The summed E-state index contributed by atoms with van der Waals surface area (Å²) in [6.07, 6.45) is 4.93. The van der Waals surface area contributed by atoms with Crippen molar-refractivity contribution < 1.29 is 19.0 Å². The van der Waals surface area contributed by atoms with Crippen LogP contribution in [0.1, 0.15) is 11.1 Å². The molecule has 0 amide bonds. The Morgan fingerprint density at radius 1 is 1.07 bits per heavy atom. The summed E-state index contributed by atoms with van der Waals surface area (Å²) >= 11 is 3.40. The van der Waals surface area contributed by atoms with Crippen molar-refractivity contribution in [2.24, 2.45) is 4.99 Å². The minimum Gasteiger partial charge on any atom is -0.489 e. The SMILES string of the molecule is C=CCOc1ccc(/C=C2\N=C(c3cccc(Br)c3)OC2=O)c(OCC=C)c1. The maximum Gasteiger partial charge on any atom is 0.363 e. The fourth-order valence-corrected chi connectivity index (χ4v) is 2.85. The van der Waals surface area contributed by atoms with Crippen molar-refractivity contribution in [3.05, 3.63) is 89.1 Å². The van der Waals surface area contributed by atoms with Crippen molar-refractivity contribution in [3.63, 3.8) is 0 Å². The number of cyclic esters (lactones) is 1. The van der Waals surface area contributed by atoms with Crippen molar-refractivity contribution >= 4 is 33.9 Å². The van der Waals surface area contributed by atoms with E-state index in [0.29, 0.717) is 35.8 Å². The first-order chi connectivity index (χ1) is 13.6. The highest BCUT2D eigenvalue weighted by molar-refractivity contribution is 9.10. The quantitative estimate of drug-likeness (QED) is 0.332. The molecule has 0 saturated carbocycles. The number of benzene rings is 2. The van der Waals surface area contributed by atoms with Gasteiger partial charge in [-0.2, -0.15) is 0 Å².